The Labute approximate surface area is 475 Å². The molecule has 17 nitrogen and oxygen atoms in total. The average Bonchev–Trinajstić information content (AvgIpc) is 4.15. The van der Waals surface area contributed by atoms with E-state index < -0.39 is 71.8 Å². The predicted octanol–water partition coefficient (Wildman–Crippen LogP) is 6.00. The first-order valence-electron chi connectivity index (χ1n) is 27.1. The van der Waals surface area contributed by atoms with E-state index in [0.29, 0.717) is 72.2 Å². The van der Waals surface area contributed by atoms with Crippen molar-refractivity contribution < 1.29 is 53.6 Å². The summed E-state index contributed by atoms with van der Waals surface area (Å²) in [4.78, 5) is 88.2. The predicted molar refractivity (Wildman–Crippen MR) is 308 cm³/mol. The van der Waals surface area contributed by atoms with Gasteiger partial charge in [-0.1, -0.05) is 135 Å². The Morgan fingerprint density at radius 2 is 0.850 bits per heavy atom. The summed E-state index contributed by atoms with van der Waals surface area (Å²) < 4.78 is 10.2. The van der Waals surface area contributed by atoms with Crippen LogP contribution in [0.5, 0.6) is 17.2 Å². The van der Waals surface area contributed by atoms with Gasteiger partial charge in [-0.05, 0) is 92.9 Å². The molecule has 2 saturated heterocycles. The first-order valence-corrected chi connectivity index (χ1v) is 29.6. The number of fused-ring (bicyclic) bond motifs is 8. The summed E-state index contributed by atoms with van der Waals surface area (Å²) in [6.45, 7) is 7.34. The summed E-state index contributed by atoms with van der Waals surface area (Å²) in [5.74, 6) is -3.42. The lowest BCUT2D eigenvalue weighted by atomic mass is 9.92. The van der Waals surface area contributed by atoms with E-state index in [9.17, 15) is 44.1 Å². The van der Waals surface area contributed by atoms with E-state index in [0.717, 1.165) is 49.4 Å². The third-order valence-corrected chi connectivity index (χ3v) is 17.5. The zero-order chi connectivity index (χ0) is 57.0. The summed E-state index contributed by atoms with van der Waals surface area (Å²) in [7, 11) is 4.71. The van der Waals surface area contributed by atoms with Gasteiger partial charge in [0.15, 0.2) is 0 Å². The second-order valence-corrected chi connectivity index (χ2v) is 23.7. The van der Waals surface area contributed by atoms with E-state index in [2.05, 4.69) is 21.3 Å². The van der Waals surface area contributed by atoms with Gasteiger partial charge in [-0.3, -0.25) is 29.0 Å². The van der Waals surface area contributed by atoms with E-state index in [-0.39, 0.29) is 67.5 Å². The Balaban J connectivity index is 1.13. The van der Waals surface area contributed by atoms with Crippen LogP contribution in [0.1, 0.15) is 86.9 Å². The molecule has 5 aromatic rings. The maximum absolute atomic E-state index is 14.4. The number of aromatic hydroxyl groups is 3. The van der Waals surface area contributed by atoms with Gasteiger partial charge in [-0.2, -0.15) is 0 Å². The van der Waals surface area contributed by atoms with Gasteiger partial charge in [0, 0.05) is 61.4 Å². The Morgan fingerprint density at radius 3 is 1.20 bits per heavy atom. The van der Waals surface area contributed by atoms with Crippen LogP contribution in [0.15, 0.2) is 97.1 Å². The minimum atomic E-state index is -1.18. The number of nitrogens with one attached hydrogen (secondary N) is 4. The van der Waals surface area contributed by atoms with Crippen LogP contribution in [0.2, 0.25) is 0 Å². The fraction of sp³-hybridized carbons (Fsp3) is 0.410. The van der Waals surface area contributed by atoms with Crippen molar-refractivity contribution in [1.29, 1.82) is 0 Å². The SMILES string of the molecule is COC(=O)[C@@H]1CSSC[C@@H](C(=O)OC)NC(=O)[C@H](Cc2ccccc2)NC(=O)[C@@H]2CCCN2Cc2cc(C)cc(c2O)Cc2cc(C)cc(c2O)Cc2cc(C)cc(c2O)CN2CCC[C@H]2C(=O)N[C@@H](Cc2ccccc2)C(=O)N1. The minimum Gasteiger partial charge on any atom is -0.507 e. The van der Waals surface area contributed by atoms with E-state index in [1.54, 1.807) is 0 Å². The molecule has 6 bridgehead atoms. The van der Waals surface area contributed by atoms with Crippen LogP contribution in [-0.4, -0.2) is 136 Å². The highest BCUT2D eigenvalue weighted by Gasteiger charge is 2.37. The molecular weight excluding hydrogens is 1060 g/mol. The van der Waals surface area contributed by atoms with Crippen LogP contribution in [0.3, 0.4) is 0 Å². The van der Waals surface area contributed by atoms with Crippen LogP contribution >= 0.6 is 21.6 Å². The van der Waals surface area contributed by atoms with Gasteiger partial charge in [-0.15, -0.1) is 0 Å². The fourth-order valence-corrected chi connectivity index (χ4v) is 13.4. The second kappa shape index (κ2) is 27.4. The molecule has 4 amide bonds. The molecule has 7 N–H and O–H groups in total. The van der Waals surface area contributed by atoms with Crippen LogP contribution in [-0.2, 0) is 77.0 Å². The Kier molecular flexibility index (Phi) is 20.2. The minimum absolute atomic E-state index is 0.0217. The largest absolute Gasteiger partial charge is 0.507 e. The zero-order valence-electron chi connectivity index (χ0n) is 45.9. The van der Waals surface area contributed by atoms with Crippen molar-refractivity contribution in [3.63, 3.8) is 0 Å². The molecule has 0 saturated carbocycles. The number of benzene rings is 5. The number of carbonyl (C=O) groups excluding carboxylic acids is 6. The number of carbonyl (C=O) groups is 6. The van der Waals surface area contributed by atoms with Crippen LogP contribution in [0.4, 0.5) is 0 Å². The van der Waals surface area contributed by atoms with Gasteiger partial charge < -0.3 is 46.1 Å². The van der Waals surface area contributed by atoms with Gasteiger partial charge in [0.05, 0.1) is 26.3 Å². The first kappa shape index (κ1) is 59.1. The summed E-state index contributed by atoms with van der Waals surface area (Å²) in [5, 5.41) is 47.5. The van der Waals surface area contributed by atoms with E-state index in [4.69, 9.17) is 9.47 Å². The topological polar surface area (TPSA) is 236 Å². The van der Waals surface area contributed by atoms with Gasteiger partial charge >= 0.3 is 11.9 Å². The van der Waals surface area contributed by atoms with Crippen LogP contribution in [0, 0.1) is 20.8 Å². The number of hydrogen-bond acceptors (Lipinski definition) is 15. The normalized spacial score (nSPS) is 22.4. The van der Waals surface area contributed by atoms with Crippen molar-refractivity contribution in [1.82, 2.24) is 31.1 Å². The average molecular weight is 1130 g/mol. The van der Waals surface area contributed by atoms with Crippen molar-refractivity contribution in [3.8, 4) is 17.2 Å². The summed E-state index contributed by atoms with van der Waals surface area (Å²) in [5.41, 5.74) is 7.70. The summed E-state index contributed by atoms with van der Waals surface area (Å²) >= 11 is 0. The van der Waals surface area contributed by atoms with Crippen LogP contribution in [0.25, 0.3) is 0 Å². The molecule has 80 heavy (non-hydrogen) atoms. The van der Waals surface area contributed by atoms with Crippen molar-refractivity contribution in [2.75, 3.05) is 38.8 Å². The molecule has 0 unspecified atom stereocenters. The monoisotopic (exact) mass is 1130 g/mol. The molecular formula is C61H72N6O11S2. The van der Waals surface area contributed by atoms with Crippen LogP contribution < -0.4 is 21.3 Å². The highest BCUT2D eigenvalue weighted by Crippen LogP contribution is 2.37. The van der Waals surface area contributed by atoms with E-state index in [1.165, 1.54) is 14.2 Å². The molecule has 8 rings (SSSR count). The standard InChI is InChI=1S/C61H72N6O11S2/c1-36-22-41-30-43-24-37(2)26-45(54(43)69)32-66-20-12-18-51(66)58(73)62-47(28-39-14-8-6-9-15-39)56(71)64-49(60(75)77-4)34-79-80-35-50(61(76)78-5)65-57(72)48(29-40-16-10-7-11-17-40)63-59(74)52-19-13-21-67(52)33-46-27-38(3)25-44(55(46)70)31-42(23-36)53(41)68/h6-11,14-17,22-27,47-52,68-70H,12-13,18-21,28-35H2,1-5H3,(H,62,73)(H,63,74)(H,64,71)(H,65,72)/t47-,48-,49-,50-,51-,52-/m0/s1. The van der Waals surface area contributed by atoms with Gasteiger partial charge in [0.1, 0.15) is 41.4 Å². The number of hydrogen-bond donors (Lipinski definition) is 7. The fourth-order valence-electron chi connectivity index (χ4n) is 11.1. The molecule has 2 fully saturated rings. The molecule has 0 aromatic heterocycles. The maximum Gasteiger partial charge on any atom is 0.329 e. The lowest BCUT2D eigenvalue weighted by molar-refractivity contribution is -0.145. The molecule has 5 aromatic carbocycles. The van der Waals surface area contributed by atoms with E-state index in [1.807, 2.05) is 128 Å². The number of methoxy groups -OCH3 is 2. The zero-order valence-corrected chi connectivity index (χ0v) is 47.6. The smallest absolute Gasteiger partial charge is 0.329 e. The maximum atomic E-state index is 14.4. The van der Waals surface area contributed by atoms with Gasteiger partial charge in [0.2, 0.25) is 23.6 Å². The van der Waals surface area contributed by atoms with Gasteiger partial charge in [0.25, 0.3) is 0 Å². The molecule has 0 aliphatic carbocycles. The van der Waals surface area contributed by atoms with Crippen molar-refractivity contribution in [3.05, 3.63) is 158 Å². The number of aryl methyl sites for hydroxylation is 3. The van der Waals surface area contributed by atoms with Crippen molar-refractivity contribution in [2.24, 2.45) is 0 Å². The molecule has 19 heteroatoms. The number of nitrogens with zero attached hydrogens (tertiary/aromatic N) is 2. The highest BCUT2D eigenvalue weighted by atomic mass is 33.1. The molecule has 3 aliphatic rings. The van der Waals surface area contributed by atoms with Crippen molar-refractivity contribution in [2.45, 2.75) is 121 Å². The number of amides is 4. The number of rotatable bonds is 6. The van der Waals surface area contributed by atoms with Gasteiger partial charge in [-0.25, -0.2) is 9.59 Å². The molecule has 0 radical (unpaired) electrons. The molecule has 6 atom stereocenters. The molecule has 3 heterocycles. The highest BCUT2D eigenvalue weighted by molar-refractivity contribution is 8.76. The molecule has 3 aliphatic heterocycles. The second-order valence-electron chi connectivity index (χ2n) is 21.1. The van der Waals surface area contributed by atoms with Crippen molar-refractivity contribution >= 4 is 57.2 Å². The Bertz CT molecular complexity index is 2860. The quantitative estimate of drug-likeness (QED) is 0.0763. The summed E-state index contributed by atoms with van der Waals surface area (Å²) in [6.07, 6.45) is 2.96. The molecule has 0 spiro atoms. The Morgan fingerprint density at radius 1 is 0.512 bits per heavy atom. The lowest BCUT2D eigenvalue weighted by Gasteiger charge is -2.28. The summed E-state index contributed by atoms with van der Waals surface area (Å²) in [6, 6.07) is 23.8. The number of phenols is 3. The lowest BCUT2D eigenvalue weighted by Crippen LogP contribution is -2.56. The third-order valence-electron chi connectivity index (χ3n) is 15.1. The van der Waals surface area contributed by atoms with E-state index >= 15 is 0 Å². The number of ether oxygens (including phenoxy) is 2. The third kappa shape index (κ3) is 15.0. The number of esters is 2. The number of phenolic OH excluding ortho intramolecular Hbond substituents is 3. The molecule has 424 valence electrons. The first-order chi connectivity index (χ1) is 38.5. The Hall–Kier alpha value is -7.06.